The zero-order valence-corrected chi connectivity index (χ0v) is 12.1. The number of methoxy groups -OCH3 is 2. The molecule has 0 saturated carbocycles. The lowest BCUT2D eigenvalue weighted by Gasteiger charge is -2.10. The minimum atomic E-state index is -0.176. The molecule has 0 fully saturated rings. The van der Waals surface area contributed by atoms with Gasteiger partial charge >= 0.3 is 0 Å². The fraction of sp³-hybridized carbons (Fsp3) is 0.118. The number of ether oxygens (including phenoxy) is 2. The third-order valence-corrected chi connectivity index (χ3v) is 3.39. The van der Waals surface area contributed by atoms with Crippen LogP contribution in [0.5, 0.6) is 17.2 Å². The Morgan fingerprint density at radius 3 is 2.36 bits per heavy atom. The van der Waals surface area contributed by atoms with Crippen LogP contribution in [0.3, 0.4) is 0 Å². The fourth-order valence-corrected chi connectivity index (χ4v) is 2.30. The summed E-state index contributed by atoms with van der Waals surface area (Å²) in [6.07, 6.45) is 0. The van der Waals surface area contributed by atoms with Crippen molar-refractivity contribution in [3.8, 4) is 28.6 Å². The standard InChI is InChI=1S/C17H14O5/c1-20-14-8-7-12-13(19)9-15(22-16(12)17(14)21-2)10-3-5-11(18)6-4-10/h3-9,18H,1-2H3. The Labute approximate surface area is 126 Å². The number of rotatable bonds is 3. The van der Waals surface area contributed by atoms with Gasteiger partial charge in [-0.25, -0.2) is 0 Å². The zero-order chi connectivity index (χ0) is 15.7. The quantitative estimate of drug-likeness (QED) is 0.804. The van der Waals surface area contributed by atoms with Crippen molar-refractivity contribution in [2.75, 3.05) is 14.2 Å². The molecule has 0 unspecified atom stereocenters. The maximum absolute atomic E-state index is 12.3. The number of hydrogen-bond donors (Lipinski definition) is 1. The first-order chi connectivity index (χ1) is 10.6. The first-order valence-electron chi connectivity index (χ1n) is 6.62. The van der Waals surface area contributed by atoms with E-state index in [0.717, 1.165) is 0 Å². The first kappa shape index (κ1) is 14.0. The van der Waals surface area contributed by atoms with Gasteiger partial charge in [0, 0.05) is 11.6 Å². The second-order valence-corrected chi connectivity index (χ2v) is 4.70. The number of hydrogen-bond acceptors (Lipinski definition) is 5. The van der Waals surface area contributed by atoms with Gasteiger partial charge in [0.25, 0.3) is 0 Å². The number of phenols is 1. The summed E-state index contributed by atoms with van der Waals surface area (Å²) in [4.78, 5) is 12.3. The molecule has 5 nitrogen and oxygen atoms in total. The van der Waals surface area contributed by atoms with Gasteiger partial charge < -0.3 is 19.0 Å². The van der Waals surface area contributed by atoms with Crippen molar-refractivity contribution in [1.29, 1.82) is 0 Å². The molecule has 3 rings (SSSR count). The highest BCUT2D eigenvalue weighted by Crippen LogP contribution is 2.36. The van der Waals surface area contributed by atoms with Crippen LogP contribution in [0.2, 0.25) is 0 Å². The van der Waals surface area contributed by atoms with E-state index < -0.39 is 0 Å². The predicted molar refractivity (Wildman–Crippen MR) is 82.7 cm³/mol. The lowest BCUT2D eigenvalue weighted by atomic mass is 10.1. The maximum atomic E-state index is 12.3. The van der Waals surface area contributed by atoms with Crippen LogP contribution in [-0.2, 0) is 0 Å². The van der Waals surface area contributed by atoms with Crippen molar-refractivity contribution in [3.63, 3.8) is 0 Å². The maximum Gasteiger partial charge on any atom is 0.204 e. The van der Waals surface area contributed by atoms with E-state index in [1.807, 2.05) is 0 Å². The van der Waals surface area contributed by atoms with E-state index >= 15 is 0 Å². The Kier molecular flexibility index (Phi) is 3.47. The molecular weight excluding hydrogens is 284 g/mol. The molecule has 0 aliphatic carbocycles. The lowest BCUT2D eigenvalue weighted by Crippen LogP contribution is -2.02. The van der Waals surface area contributed by atoms with Crippen molar-refractivity contribution in [2.45, 2.75) is 0 Å². The Morgan fingerprint density at radius 2 is 1.73 bits per heavy atom. The third-order valence-electron chi connectivity index (χ3n) is 3.39. The van der Waals surface area contributed by atoms with Crippen LogP contribution < -0.4 is 14.9 Å². The van der Waals surface area contributed by atoms with Crippen molar-refractivity contribution < 1.29 is 19.0 Å². The normalized spacial score (nSPS) is 10.6. The van der Waals surface area contributed by atoms with Gasteiger partial charge in [-0.2, -0.15) is 0 Å². The van der Waals surface area contributed by atoms with Crippen molar-refractivity contribution in [1.82, 2.24) is 0 Å². The monoisotopic (exact) mass is 298 g/mol. The molecular formula is C17H14O5. The highest BCUT2D eigenvalue weighted by Gasteiger charge is 2.15. The minimum absolute atomic E-state index is 0.145. The predicted octanol–water partition coefficient (Wildman–Crippen LogP) is 3.18. The average molecular weight is 298 g/mol. The Bertz CT molecular complexity index is 878. The van der Waals surface area contributed by atoms with Gasteiger partial charge in [0.1, 0.15) is 11.5 Å². The number of aromatic hydroxyl groups is 1. The summed E-state index contributed by atoms with van der Waals surface area (Å²) in [5, 5.41) is 9.77. The second-order valence-electron chi connectivity index (χ2n) is 4.70. The Hall–Kier alpha value is -2.95. The van der Waals surface area contributed by atoms with Gasteiger partial charge in [-0.05, 0) is 36.4 Å². The van der Waals surface area contributed by atoms with Gasteiger partial charge in [0.15, 0.2) is 16.8 Å². The minimum Gasteiger partial charge on any atom is -0.508 e. The van der Waals surface area contributed by atoms with Gasteiger partial charge in [-0.15, -0.1) is 0 Å². The summed E-state index contributed by atoms with van der Waals surface area (Å²) in [5.41, 5.74) is 0.837. The number of phenolic OH excluding ortho intramolecular Hbond substituents is 1. The number of benzene rings is 2. The van der Waals surface area contributed by atoms with Crippen molar-refractivity contribution >= 4 is 11.0 Å². The zero-order valence-electron chi connectivity index (χ0n) is 12.1. The molecule has 112 valence electrons. The fourth-order valence-electron chi connectivity index (χ4n) is 2.30. The number of fused-ring (bicyclic) bond motifs is 1. The third kappa shape index (κ3) is 2.26. The summed E-state index contributed by atoms with van der Waals surface area (Å²) >= 11 is 0. The smallest absolute Gasteiger partial charge is 0.204 e. The molecule has 1 heterocycles. The molecule has 22 heavy (non-hydrogen) atoms. The van der Waals surface area contributed by atoms with Crippen LogP contribution in [0.1, 0.15) is 0 Å². The molecule has 0 spiro atoms. The van der Waals surface area contributed by atoms with E-state index in [1.165, 1.54) is 32.4 Å². The summed E-state index contributed by atoms with van der Waals surface area (Å²) < 4.78 is 16.4. The van der Waals surface area contributed by atoms with Gasteiger partial charge in [0.05, 0.1) is 19.6 Å². The molecule has 3 aromatic rings. The summed E-state index contributed by atoms with van der Waals surface area (Å²) in [7, 11) is 3.01. The molecule has 0 aliphatic heterocycles. The van der Waals surface area contributed by atoms with Crippen molar-refractivity contribution in [2.24, 2.45) is 0 Å². The van der Waals surface area contributed by atoms with Crippen LogP contribution >= 0.6 is 0 Å². The molecule has 0 atom stereocenters. The Balaban J connectivity index is 2.30. The van der Waals surface area contributed by atoms with Gasteiger partial charge in [0.2, 0.25) is 5.75 Å². The van der Waals surface area contributed by atoms with Crippen LogP contribution in [0.4, 0.5) is 0 Å². The van der Waals surface area contributed by atoms with Crippen LogP contribution in [0.15, 0.2) is 51.7 Å². The highest BCUT2D eigenvalue weighted by molar-refractivity contribution is 5.86. The van der Waals surface area contributed by atoms with E-state index in [-0.39, 0.29) is 11.2 Å². The van der Waals surface area contributed by atoms with Crippen LogP contribution in [0, 0.1) is 0 Å². The molecule has 1 N–H and O–H groups in total. The molecule has 0 aliphatic rings. The van der Waals surface area contributed by atoms with Crippen LogP contribution in [-0.4, -0.2) is 19.3 Å². The van der Waals surface area contributed by atoms with E-state index in [2.05, 4.69) is 0 Å². The summed E-state index contributed by atoms with van der Waals surface area (Å²) in [6.45, 7) is 0. The SMILES string of the molecule is COc1ccc2c(=O)cc(-c3ccc(O)cc3)oc2c1OC. The van der Waals surface area contributed by atoms with E-state index in [4.69, 9.17) is 13.9 Å². The average Bonchev–Trinajstić information content (AvgIpc) is 2.54. The second kappa shape index (κ2) is 5.44. The highest BCUT2D eigenvalue weighted by atomic mass is 16.5. The van der Waals surface area contributed by atoms with Gasteiger partial charge in [-0.3, -0.25) is 4.79 Å². The molecule has 0 radical (unpaired) electrons. The summed E-state index contributed by atoms with van der Waals surface area (Å²) in [6, 6.07) is 11.1. The first-order valence-corrected chi connectivity index (χ1v) is 6.62. The molecule has 0 saturated heterocycles. The van der Waals surface area contributed by atoms with E-state index in [1.54, 1.807) is 24.3 Å². The van der Waals surface area contributed by atoms with E-state index in [0.29, 0.717) is 33.8 Å². The lowest BCUT2D eigenvalue weighted by molar-refractivity contribution is 0.353. The topological polar surface area (TPSA) is 68.9 Å². The summed E-state index contributed by atoms with van der Waals surface area (Å²) in [5.74, 6) is 1.40. The van der Waals surface area contributed by atoms with E-state index in [9.17, 15) is 9.90 Å². The molecule has 0 amide bonds. The van der Waals surface area contributed by atoms with Crippen LogP contribution in [0.25, 0.3) is 22.3 Å². The molecule has 0 bridgehead atoms. The molecule has 1 aromatic heterocycles. The van der Waals surface area contributed by atoms with Gasteiger partial charge in [-0.1, -0.05) is 0 Å². The molecule has 2 aromatic carbocycles. The largest absolute Gasteiger partial charge is 0.508 e. The Morgan fingerprint density at radius 1 is 1.00 bits per heavy atom. The molecule has 5 heteroatoms. The van der Waals surface area contributed by atoms with Crippen molar-refractivity contribution in [3.05, 3.63) is 52.7 Å².